The minimum atomic E-state index is -0.190. The van der Waals surface area contributed by atoms with E-state index in [-0.39, 0.29) is 12.0 Å². The van der Waals surface area contributed by atoms with E-state index in [9.17, 15) is 4.79 Å². The molecule has 1 heterocycles. The van der Waals surface area contributed by atoms with Crippen LogP contribution < -0.4 is 15.4 Å². The van der Waals surface area contributed by atoms with Gasteiger partial charge in [0.15, 0.2) is 0 Å². The van der Waals surface area contributed by atoms with Crippen molar-refractivity contribution < 1.29 is 9.53 Å². The van der Waals surface area contributed by atoms with Gasteiger partial charge in [-0.15, -0.1) is 0 Å². The van der Waals surface area contributed by atoms with Crippen molar-refractivity contribution in [2.75, 3.05) is 37.8 Å². The molecule has 6 nitrogen and oxygen atoms in total. The van der Waals surface area contributed by atoms with Crippen molar-refractivity contribution in [1.82, 2.24) is 9.88 Å². The van der Waals surface area contributed by atoms with Gasteiger partial charge in [-0.05, 0) is 64.3 Å². The fourth-order valence-electron chi connectivity index (χ4n) is 2.13. The van der Waals surface area contributed by atoms with Gasteiger partial charge in [0, 0.05) is 25.0 Å². The number of hydrogen-bond donors (Lipinski definition) is 2. The lowest BCUT2D eigenvalue weighted by molar-refractivity contribution is 0.102. The lowest BCUT2D eigenvalue weighted by Gasteiger charge is -2.11. The highest BCUT2D eigenvalue weighted by molar-refractivity contribution is 6.04. The van der Waals surface area contributed by atoms with E-state index in [0.717, 1.165) is 24.7 Å². The zero-order valence-electron chi connectivity index (χ0n) is 15.2. The highest BCUT2D eigenvalue weighted by Gasteiger charge is 2.07. The lowest BCUT2D eigenvalue weighted by atomic mass is 10.2. The number of anilines is 2. The molecule has 0 saturated heterocycles. The second kappa shape index (κ2) is 9.03. The Hall–Kier alpha value is -2.60. The lowest BCUT2D eigenvalue weighted by Crippen LogP contribution is -2.21. The number of pyridine rings is 1. The summed E-state index contributed by atoms with van der Waals surface area (Å²) >= 11 is 0. The smallest absolute Gasteiger partial charge is 0.257 e. The summed E-state index contributed by atoms with van der Waals surface area (Å²) in [6.45, 7) is 5.67. The van der Waals surface area contributed by atoms with Crippen LogP contribution in [0.4, 0.5) is 11.5 Å². The number of nitrogens with zero attached hydrogens (tertiary/aromatic N) is 2. The van der Waals surface area contributed by atoms with Gasteiger partial charge in [0.25, 0.3) is 5.91 Å². The van der Waals surface area contributed by atoms with Crippen LogP contribution in [-0.4, -0.2) is 49.1 Å². The van der Waals surface area contributed by atoms with Crippen LogP contribution in [0, 0.1) is 0 Å². The van der Waals surface area contributed by atoms with Gasteiger partial charge in [-0.2, -0.15) is 0 Å². The average molecular weight is 342 g/mol. The Morgan fingerprint density at radius 2 is 1.88 bits per heavy atom. The van der Waals surface area contributed by atoms with Crippen molar-refractivity contribution in [3.05, 3.63) is 48.2 Å². The number of ether oxygens (including phenoxy) is 1. The predicted octanol–water partition coefficient (Wildman–Crippen LogP) is 3.09. The van der Waals surface area contributed by atoms with Crippen LogP contribution in [0.1, 0.15) is 24.2 Å². The maximum absolute atomic E-state index is 12.3. The Bertz CT molecular complexity index is 667. The first kappa shape index (κ1) is 18.7. The maximum atomic E-state index is 12.3. The van der Waals surface area contributed by atoms with Gasteiger partial charge in [0.2, 0.25) is 0 Å². The molecule has 25 heavy (non-hydrogen) atoms. The molecule has 0 fully saturated rings. The molecule has 0 saturated carbocycles. The summed E-state index contributed by atoms with van der Waals surface area (Å²) in [5, 5.41) is 6.07. The van der Waals surface area contributed by atoms with Crippen LogP contribution in [-0.2, 0) is 0 Å². The van der Waals surface area contributed by atoms with Crippen molar-refractivity contribution in [2.24, 2.45) is 0 Å². The monoisotopic (exact) mass is 342 g/mol. The quantitative estimate of drug-likeness (QED) is 0.772. The first-order chi connectivity index (χ1) is 11.9. The number of benzene rings is 1. The molecular formula is C19H26N4O2. The Morgan fingerprint density at radius 3 is 2.44 bits per heavy atom. The van der Waals surface area contributed by atoms with Crippen molar-refractivity contribution in [2.45, 2.75) is 20.0 Å². The van der Waals surface area contributed by atoms with Crippen molar-refractivity contribution in [3.8, 4) is 5.75 Å². The molecule has 0 aliphatic carbocycles. The Balaban J connectivity index is 1.89. The summed E-state index contributed by atoms with van der Waals surface area (Å²) < 4.78 is 5.59. The number of carbonyl (C=O) groups excluding carboxylic acids is 1. The minimum Gasteiger partial charge on any atom is -0.491 e. The van der Waals surface area contributed by atoms with Gasteiger partial charge in [-0.25, -0.2) is 4.98 Å². The number of rotatable bonds is 8. The summed E-state index contributed by atoms with van der Waals surface area (Å²) in [6.07, 6.45) is 1.69. The molecule has 2 N–H and O–H groups in total. The highest BCUT2D eigenvalue weighted by atomic mass is 16.5. The molecule has 6 heteroatoms. The van der Waals surface area contributed by atoms with Gasteiger partial charge in [0.1, 0.15) is 11.6 Å². The van der Waals surface area contributed by atoms with Crippen LogP contribution >= 0.6 is 0 Å². The third-order valence-corrected chi connectivity index (χ3v) is 3.37. The van der Waals surface area contributed by atoms with E-state index in [1.807, 2.05) is 58.3 Å². The highest BCUT2D eigenvalue weighted by Crippen LogP contribution is 2.17. The van der Waals surface area contributed by atoms with E-state index in [0.29, 0.717) is 11.3 Å². The van der Waals surface area contributed by atoms with E-state index < -0.39 is 0 Å². The maximum Gasteiger partial charge on any atom is 0.257 e. The van der Waals surface area contributed by atoms with E-state index in [4.69, 9.17) is 4.74 Å². The molecule has 0 spiro atoms. The molecule has 1 aromatic heterocycles. The number of aromatic nitrogens is 1. The van der Waals surface area contributed by atoms with Gasteiger partial charge in [-0.3, -0.25) is 4.79 Å². The number of carbonyl (C=O) groups is 1. The molecular weight excluding hydrogens is 316 g/mol. The molecule has 0 radical (unpaired) electrons. The zero-order chi connectivity index (χ0) is 18.2. The fraction of sp³-hybridized carbons (Fsp3) is 0.368. The van der Waals surface area contributed by atoms with Gasteiger partial charge in [0.05, 0.1) is 11.7 Å². The van der Waals surface area contributed by atoms with E-state index in [1.165, 1.54) is 0 Å². The Labute approximate surface area is 149 Å². The van der Waals surface area contributed by atoms with Crippen molar-refractivity contribution >= 4 is 17.4 Å². The zero-order valence-corrected chi connectivity index (χ0v) is 15.2. The standard InChI is InChI=1S/C19H26N4O2/c1-14(2)25-17-8-6-16(7-9-17)22-19(24)15-5-10-18(21-13-15)20-11-12-23(3)4/h5-10,13-14H,11-12H2,1-4H3,(H,20,21)(H,22,24). The molecule has 2 aromatic rings. The second-order valence-corrected chi connectivity index (χ2v) is 6.31. The molecule has 2 rings (SSSR count). The normalized spacial score (nSPS) is 10.8. The van der Waals surface area contributed by atoms with Crippen LogP contribution in [0.5, 0.6) is 5.75 Å². The first-order valence-electron chi connectivity index (χ1n) is 8.37. The van der Waals surface area contributed by atoms with E-state index in [1.54, 1.807) is 12.3 Å². The van der Waals surface area contributed by atoms with E-state index in [2.05, 4.69) is 20.5 Å². The number of likely N-dealkylation sites (N-methyl/N-ethyl adjacent to an activating group) is 1. The van der Waals surface area contributed by atoms with Crippen LogP contribution in [0.2, 0.25) is 0 Å². The molecule has 0 bridgehead atoms. The average Bonchev–Trinajstić information content (AvgIpc) is 2.56. The number of amides is 1. The third kappa shape index (κ3) is 6.43. The largest absolute Gasteiger partial charge is 0.491 e. The fourth-order valence-corrected chi connectivity index (χ4v) is 2.13. The molecule has 0 unspecified atom stereocenters. The molecule has 1 amide bonds. The molecule has 0 atom stereocenters. The van der Waals surface area contributed by atoms with Crippen molar-refractivity contribution in [3.63, 3.8) is 0 Å². The number of nitrogens with one attached hydrogen (secondary N) is 2. The predicted molar refractivity (Wildman–Crippen MR) is 101 cm³/mol. The third-order valence-electron chi connectivity index (χ3n) is 3.37. The number of hydrogen-bond acceptors (Lipinski definition) is 5. The van der Waals surface area contributed by atoms with Crippen LogP contribution in [0.3, 0.4) is 0 Å². The summed E-state index contributed by atoms with van der Waals surface area (Å²) in [4.78, 5) is 18.6. The summed E-state index contributed by atoms with van der Waals surface area (Å²) in [6, 6.07) is 10.9. The summed E-state index contributed by atoms with van der Waals surface area (Å²) in [5.74, 6) is 1.35. The Kier molecular flexibility index (Phi) is 6.77. The molecule has 134 valence electrons. The van der Waals surface area contributed by atoms with E-state index >= 15 is 0 Å². The summed E-state index contributed by atoms with van der Waals surface area (Å²) in [5.41, 5.74) is 1.23. The molecule has 0 aliphatic heterocycles. The van der Waals surface area contributed by atoms with Gasteiger partial charge in [-0.1, -0.05) is 0 Å². The molecule has 1 aromatic carbocycles. The first-order valence-corrected chi connectivity index (χ1v) is 8.37. The van der Waals surface area contributed by atoms with Crippen LogP contribution in [0.25, 0.3) is 0 Å². The van der Waals surface area contributed by atoms with Crippen molar-refractivity contribution in [1.29, 1.82) is 0 Å². The topological polar surface area (TPSA) is 66.5 Å². The summed E-state index contributed by atoms with van der Waals surface area (Å²) in [7, 11) is 4.04. The van der Waals surface area contributed by atoms with Gasteiger partial charge >= 0.3 is 0 Å². The minimum absolute atomic E-state index is 0.122. The molecule has 0 aliphatic rings. The Morgan fingerprint density at radius 1 is 1.16 bits per heavy atom. The van der Waals surface area contributed by atoms with Crippen LogP contribution in [0.15, 0.2) is 42.6 Å². The second-order valence-electron chi connectivity index (χ2n) is 6.31. The van der Waals surface area contributed by atoms with Gasteiger partial charge < -0.3 is 20.3 Å². The SMILES string of the molecule is CC(C)Oc1ccc(NC(=O)c2ccc(NCCN(C)C)nc2)cc1.